The molecule has 16 heavy (non-hydrogen) atoms. The van der Waals surface area contributed by atoms with Gasteiger partial charge < -0.3 is 10.0 Å². The van der Waals surface area contributed by atoms with E-state index in [0.29, 0.717) is 11.7 Å². The first-order chi connectivity index (χ1) is 7.67. The summed E-state index contributed by atoms with van der Waals surface area (Å²) in [7, 11) is 0. The Kier molecular flexibility index (Phi) is 5.18. The maximum atomic E-state index is 10.7. The lowest BCUT2D eigenvalue weighted by atomic mass is 10.3. The van der Waals surface area contributed by atoms with Crippen LogP contribution in [0.25, 0.3) is 0 Å². The molecule has 90 valence electrons. The molecule has 1 aromatic rings. The highest BCUT2D eigenvalue weighted by Crippen LogP contribution is 2.18. The lowest BCUT2D eigenvalue weighted by Gasteiger charge is -2.17. The van der Waals surface area contributed by atoms with Crippen LogP contribution < -0.4 is 4.90 Å². The molecule has 1 rings (SSSR count). The number of carbonyl (C=O) groups is 1. The lowest BCUT2D eigenvalue weighted by Crippen LogP contribution is -2.30. The molecule has 0 unspecified atom stereocenters. The van der Waals surface area contributed by atoms with E-state index in [1.807, 2.05) is 6.92 Å². The number of rotatable bonds is 7. The first-order valence-corrected chi connectivity index (χ1v) is 6.24. The van der Waals surface area contributed by atoms with Crippen molar-refractivity contribution in [3.05, 3.63) is 5.82 Å². The van der Waals surface area contributed by atoms with Gasteiger partial charge in [0, 0.05) is 24.5 Å². The van der Waals surface area contributed by atoms with Crippen molar-refractivity contribution in [1.82, 2.24) is 9.36 Å². The van der Waals surface area contributed by atoms with Crippen LogP contribution in [0.3, 0.4) is 0 Å². The minimum absolute atomic E-state index is 0.00536. The zero-order valence-corrected chi connectivity index (χ0v) is 10.5. The number of anilines is 1. The molecule has 0 amide bonds. The highest BCUT2D eigenvalue weighted by atomic mass is 32.1. The fourth-order valence-corrected chi connectivity index (χ4v) is 2.11. The molecule has 0 aliphatic rings. The third-order valence-corrected chi connectivity index (χ3v) is 2.84. The smallest absolute Gasteiger partial charge is 0.323 e. The standard InChI is InChI=1S/C10H17N3O2S/c1-3-5-8-11-10(16-12-8)13(6-4-2)7-9(14)15/h3-7H2,1-2H3,(H,14,15). The number of hydrogen-bond donors (Lipinski definition) is 1. The van der Waals surface area contributed by atoms with Crippen molar-refractivity contribution >= 4 is 22.6 Å². The molecule has 0 bridgehead atoms. The Morgan fingerprint density at radius 2 is 2.19 bits per heavy atom. The normalized spacial score (nSPS) is 10.4. The molecule has 0 spiro atoms. The Morgan fingerprint density at radius 3 is 2.75 bits per heavy atom. The summed E-state index contributed by atoms with van der Waals surface area (Å²) in [6, 6.07) is 0. The van der Waals surface area contributed by atoms with E-state index >= 15 is 0 Å². The molecule has 0 saturated carbocycles. The van der Waals surface area contributed by atoms with E-state index in [4.69, 9.17) is 5.11 Å². The fourth-order valence-electron chi connectivity index (χ4n) is 1.37. The van der Waals surface area contributed by atoms with Crippen molar-refractivity contribution in [2.75, 3.05) is 18.0 Å². The number of aryl methyl sites for hydroxylation is 1. The van der Waals surface area contributed by atoms with Gasteiger partial charge in [0.05, 0.1) is 0 Å². The van der Waals surface area contributed by atoms with Gasteiger partial charge in [-0.15, -0.1) is 0 Å². The summed E-state index contributed by atoms with van der Waals surface area (Å²) >= 11 is 1.28. The van der Waals surface area contributed by atoms with Crippen LogP contribution >= 0.6 is 11.5 Å². The predicted molar refractivity (Wildman–Crippen MR) is 64.0 cm³/mol. The summed E-state index contributed by atoms with van der Waals surface area (Å²) in [5.74, 6) is -0.0188. The van der Waals surface area contributed by atoms with Crippen molar-refractivity contribution < 1.29 is 9.90 Å². The van der Waals surface area contributed by atoms with Gasteiger partial charge in [-0.1, -0.05) is 13.8 Å². The number of aromatic nitrogens is 2. The van der Waals surface area contributed by atoms with Gasteiger partial charge in [-0.3, -0.25) is 4.79 Å². The molecule has 0 radical (unpaired) electrons. The Hall–Kier alpha value is -1.17. The first-order valence-electron chi connectivity index (χ1n) is 5.46. The number of carboxylic acids is 1. The molecule has 1 heterocycles. The molecule has 0 aliphatic heterocycles. The van der Waals surface area contributed by atoms with E-state index in [1.54, 1.807) is 4.90 Å². The van der Waals surface area contributed by atoms with Crippen LogP contribution in [0, 0.1) is 0 Å². The molecule has 0 saturated heterocycles. The highest BCUT2D eigenvalue weighted by molar-refractivity contribution is 7.09. The highest BCUT2D eigenvalue weighted by Gasteiger charge is 2.14. The summed E-state index contributed by atoms with van der Waals surface area (Å²) in [4.78, 5) is 16.8. The summed E-state index contributed by atoms with van der Waals surface area (Å²) < 4.78 is 4.21. The van der Waals surface area contributed by atoms with E-state index < -0.39 is 5.97 Å². The monoisotopic (exact) mass is 243 g/mol. The van der Waals surface area contributed by atoms with Crippen LogP contribution in [-0.2, 0) is 11.2 Å². The van der Waals surface area contributed by atoms with Gasteiger partial charge in [0.25, 0.3) is 0 Å². The molecule has 0 fully saturated rings. The van der Waals surface area contributed by atoms with Gasteiger partial charge >= 0.3 is 5.97 Å². The maximum absolute atomic E-state index is 10.7. The van der Waals surface area contributed by atoms with Crippen LogP contribution in [-0.4, -0.2) is 33.5 Å². The topological polar surface area (TPSA) is 66.3 Å². The second kappa shape index (κ2) is 6.42. The summed E-state index contributed by atoms with van der Waals surface area (Å²) in [6.45, 7) is 4.78. The average Bonchev–Trinajstić information content (AvgIpc) is 2.66. The molecule has 0 aliphatic carbocycles. The van der Waals surface area contributed by atoms with E-state index in [1.165, 1.54) is 11.5 Å². The van der Waals surface area contributed by atoms with Crippen LogP contribution in [0.15, 0.2) is 0 Å². The van der Waals surface area contributed by atoms with Crippen LogP contribution in [0.1, 0.15) is 32.5 Å². The molecule has 0 aromatic carbocycles. The summed E-state index contributed by atoms with van der Waals surface area (Å²) in [6.07, 6.45) is 2.75. The molecule has 1 N–H and O–H groups in total. The largest absolute Gasteiger partial charge is 0.480 e. The van der Waals surface area contributed by atoms with E-state index in [2.05, 4.69) is 16.3 Å². The van der Waals surface area contributed by atoms with Crippen molar-refractivity contribution in [1.29, 1.82) is 0 Å². The summed E-state index contributed by atoms with van der Waals surface area (Å²) in [5.41, 5.74) is 0. The Bertz CT molecular complexity index is 341. The Morgan fingerprint density at radius 1 is 1.44 bits per heavy atom. The molecular formula is C10H17N3O2S. The Balaban J connectivity index is 2.71. The van der Waals surface area contributed by atoms with Crippen molar-refractivity contribution in [2.24, 2.45) is 0 Å². The van der Waals surface area contributed by atoms with Crippen LogP contribution in [0.2, 0.25) is 0 Å². The van der Waals surface area contributed by atoms with Gasteiger partial charge in [-0.2, -0.15) is 4.37 Å². The predicted octanol–water partition coefficient (Wildman–Crippen LogP) is 1.79. The first kappa shape index (κ1) is 12.9. The SMILES string of the molecule is CCCc1nsc(N(CCC)CC(=O)O)n1. The van der Waals surface area contributed by atoms with Crippen molar-refractivity contribution in [3.8, 4) is 0 Å². The molecule has 6 heteroatoms. The number of nitrogens with zero attached hydrogens (tertiary/aromatic N) is 3. The second-order valence-electron chi connectivity index (χ2n) is 3.56. The third-order valence-electron chi connectivity index (χ3n) is 2.02. The molecule has 5 nitrogen and oxygen atoms in total. The fraction of sp³-hybridized carbons (Fsp3) is 0.700. The quantitative estimate of drug-likeness (QED) is 0.791. The van der Waals surface area contributed by atoms with Crippen molar-refractivity contribution in [2.45, 2.75) is 33.1 Å². The van der Waals surface area contributed by atoms with E-state index in [9.17, 15) is 4.79 Å². The zero-order valence-electron chi connectivity index (χ0n) is 9.64. The lowest BCUT2D eigenvalue weighted by molar-refractivity contribution is -0.135. The van der Waals surface area contributed by atoms with Gasteiger partial charge in [0.1, 0.15) is 12.4 Å². The van der Waals surface area contributed by atoms with Crippen LogP contribution in [0.5, 0.6) is 0 Å². The zero-order chi connectivity index (χ0) is 12.0. The Labute approximate surface area is 99.3 Å². The average molecular weight is 243 g/mol. The van der Waals surface area contributed by atoms with Gasteiger partial charge in [0.15, 0.2) is 0 Å². The maximum Gasteiger partial charge on any atom is 0.323 e. The van der Waals surface area contributed by atoms with Crippen molar-refractivity contribution in [3.63, 3.8) is 0 Å². The van der Waals surface area contributed by atoms with E-state index in [-0.39, 0.29) is 6.54 Å². The third kappa shape index (κ3) is 3.77. The second-order valence-corrected chi connectivity index (χ2v) is 4.29. The molecule has 1 aromatic heterocycles. The van der Waals surface area contributed by atoms with Gasteiger partial charge in [-0.25, -0.2) is 4.98 Å². The minimum Gasteiger partial charge on any atom is -0.480 e. The number of hydrogen-bond acceptors (Lipinski definition) is 5. The molecular weight excluding hydrogens is 226 g/mol. The number of carboxylic acid groups (broad SMARTS) is 1. The van der Waals surface area contributed by atoms with Gasteiger partial charge in [-0.05, 0) is 12.8 Å². The van der Waals surface area contributed by atoms with E-state index in [0.717, 1.165) is 25.1 Å². The van der Waals surface area contributed by atoms with Crippen LogP contribution in [0.4, 0.5) is 5.13 Å². The number of aliphatic carboxylic acids is 1. The minimum atomic E-state index is -0.833. The van der Waals surface area contributed by atoms with Gasteiger partial charge in [0.2, 0.25) is 5.13 Å². The summed E-state index contributed by atoms with van der Waals surface area (Å²) in [5, 5.41) is 9.51. The molecule has 0 atom stereocenters.